The predicted octanol–water partition coefficient (Wildman–Crippen LogP) is 1.75. The first-order valence-electron chi connectivity index (χ1n) is 11.1. The number of aromatic nitrogens is 1. The summed E-state index contributed by atoms with van der Waals surface area (Å²) >= 11 is 0. The fourth-order valence-electron chi connectivity index (χ4n) is 4.32. The Hall–Kier alpha value is -2.11. The molecular formula is C22H35IN6O3. The summed E-state index contributed by atoms with van der Waals surface area (Å²) in [6.07, 6.45) is 4.86. The lowest BCUT2D eigenvalue weighted by Gasteiger charge is -2.34. The van der Waals surface area contributed by atoms with E-state index in [1.54, 1.807) is 13.2 Å². The van der Waals surface area contributed by atoms with Crippen LogP contribution in [0.2, 0.25) is 0 Å². The molecule has 10 heteroatoms. The van der Waals surface area contributed by atoms with E-state index in [0.29, 0.717) is 13.2 Å². The van der Waals surface area contributed by atoms with Crippen LogP contribution in [0.4, 0.5) is 5.82 Å². The van der Waals surface area contributed by atoms with Gasteiger partial charge in [-0.05, 0) is 38.7 Å². The molecule has 0 spiro atoms. The predicted molar refractivity (Wildman–Crippen MR) is 135 cm³/mol. The molecule has 3 rings (SSSR count). The first kappa shape index (κ1) is 26.1. The number of carbonyl (C=O) groups excluding carboxylic acids is 2. The normalized spacial score (nSPS) is 18.1. The van der Waals surface area contributed by atoms with Crippen LogP contribution in [0.25, 0.3) is 0 Å². The van der Waals surface area contributed by atoms with Crippen LogP contribution in [-0.4, -0.2) is 67.6 Å². The van der Waals surface area contributed by atoms with Gasteiger partial charge in [0, 0.05) is 57.4 Å². The molecule has 2 aliphatic rings. The van der Waals surface area contributed by atoms with E-state index in [2.05, 4.69) is 31.2 Å². The number of piperidine rings is 2. The molecule has 0 bridgehead atoms. The minimum atomic E-state index is -0.210. The first-order chi connectivity index (χ1) is 15.0. The van der Waals surface area contributed by atoms with E-state index in [1.807, 2.05) is 13.0 Å². The molecule has 2 fully saturated rings. The van der Waals surface area contributed by atoms with Crippen molar-refractivity contribution < 1.29 is 14.3 Å². The Bertz CT molecular complexity index is 790. The van der Waals surface area contributed by atoms with Gasteiger partial charge in [0.15, 0.2) is 5.96 Å². The number of esters is 1. The zero-order valence-electron chi connectivity index (χ0n) is 19.0. The Morgan fingerprint density at radius 3 is 2.44 bits per heavy atom. The van der Waals surface area contributed by atoms with Crippen LogP contribution < -0.4 is 16.0 Å². The number of aliphatic imine (C=N–C) groups is 1. The minimum Gasteiger partial charge on any atom is -0.466 e. The highest BCUT2D eigenvalue weighted by atomic mass is 127. The number of ether oxygens (including phenoxy) is 1. The Balaban J connectivity index is 0.00000363. The average Bonchev–Trinajstić information content (AvgIpc) is 2.80. The van der Waals surface area contributed by atoms with Crippen LogP contribution in [0.1, 0.15) is 38.2 Å². The number of nitrogens with two attached hydrogens (primary N) is 1. The number of nitrogens with one attached hydrogen (secondary N) is 1. The molecule has 0 unspecified atom stereocenters. The Labute approximate surface area is 207 Å². The number of halogens is 1. The van der Waals surface area contributed by atoms with Gasteiger partial charge in [-0.2, -0.15) is 0 Å². The van der Waals surface area contributed by atoms with Crippen molar-refractivity contribution in [1.82, 2.24) is 15.2 Å². The molecule has 0 radical (unpaired) electrons. The number of hydrogen-bond donors (Lipinski definition) is 2. The molecule has 178 valence electrons. The van der Waals surface area contributed by atoms with E-state index in [4.69, 9.17) is 10.5 Å². The molecule has 2 aliphatic heterocycles. The van der Waals surface area contributed by atoms with Crippen molar-refractivity contribution in [2.24, 2.45) is 22.6 Å². The summed E-state index contributed by atoms with van der Waals surface area (Å²) in [6, 6.07) is 4.00. The number of guanidine groups is 1. The fraction of sp³-hybridized carbons (Fsp3) is 0.636. The number of nitrogens with zero attached hydrogens (tertiary/aromatic N) is 4. The van der Waals surface area contributed by atoms with Gasteiger partial charge in [-0.1, -0.05) is 6.07 Å². The Kier molecular flexibility index (Phi) is 10.5. The molecule has 32 heavy (non-hydrogen) atoms. The van der Waals surface area contributed by atoms with E-state index in [0.717, 1.165) is 69.2 Å². The molecule has 1 aromatic rings. The first-order valence-corrected chi connectivity index (χ1v) is 11.1. The number of carbonyl (C=O) groups is 2. The number of anilines is 1. The van der Waals surface area contributed by atoms with Gasteiger partial charge >= 0.3 is 5.97 Å². The zero-order valence-corrected chi connectivity index (χ0v) is 21.3. The van der Waals surface area contributed by atoms with E-state index in [1.165, 1.54) is 0 Å². The van der Waals surface area contributed by atoms with Gasteiger partial charge in [0.05, 0.1) is 12.5 Å². The molecule has 0 aromatic carbocycles. The zero-order chi connectivity index (χ0) is 22.2. The molecule has 0 atom stereocenters. The second-order valence-electron chi connectivity index (χ2n) is 8.06. The van der Waals surface area contributed by atoms with Crippen molar-refractivity contribution in [3.05, 3.63) is 23.9 Å². The summed E-state index contributed by atoms with van der Waals surface area (Å²) < 4.78 is 5.16. The maximum Gasteiger partial charge on any atom is 0.309 e. The van der Waals surface area contributed by atoms with Gasteiger partial charge < -0.3 is 25.6 Å². The smallest absolute Gasteiger partial charge is 0.309 e. The highest BCUT2D eigenvalue weighted by Crippen LogP contribution is 2.25. The molecular weight excluding hydrogens is 523 g/mol. The molecule has 2 saturated heterocycles. The number of primary amides is 1. The van der Waals surface area contributed by atoms with E-state index < -0.39 is 0 Å². The van der Waals surface area contributed by atoms with Crippen LogP contribution >= 0.6 is 24.0 Å². The standard InChI is InChI=1S/C22H34N6O3.HI/c1-3-31-21(30)17-8-13-28(14-9-17)22(24-2)26-15-18-5-4-10-25-20(18)27-11-6-16(7-12-27)19(23)29;/h4-5,10,16-17H,3,6-9,11-15H2,1-2H3,(H2,23,29)(H,24,26);1H. The average molecular weight is 558 g/mol. The summed E-state index contributed by atoms with van der Waals surface area (Å²) in [5.74, 6) is 1.39. The van der Waals surface area contributed by atoms with Crippen molar-refractivity contribution in [2.75, 3.05) is 44.7 Å². The van der Waals surface area contributed by atoms with Crippen molar-refractivity contribution in [3.8, 4) is 0 Å². The quantitative estimate of drug-likeness (QED) is 0.237. The van der Waals surface area contributed by atoms with Crippen LogP contribution in [-0.2, 0) is 20.9 Å². The second kappa shape index (κ2) is 12.8. The molecule has 3 N–H and O–H groups in total. The third-order valence-electron chi connectivity index (χ3n) is 6.13. The topological polar surface area (TPSA) is 113 Å². The second-order valence-corrected chi connectivity index (χ2v) is 8.06. The summed E-state index contributed by atoms with van der Waals surface area (Å²) in [7, 11) is 1.78. The van der Waals surface area contributed by atoms with Gasteiger partial charge in [-0.25, -0.2) is 4.98 Å². The molecule has 3 heterocycles. The number of likely N-dealkylation sites (tertiary alicyclic amines) is 1. The highest BCUT2D eigenvalue weighted by molar-refractivity contribution is 14.0. The summed E-state index contributed by atoms with van der Waals surface area (Å²) in [5, 5.41) is 3.45. The maximum absolute atomic E-state index is 12.0. The fourth-order valence-corrected chi connectivity index (χ4v) is 4.32. The maximum atomic E-state index is 12.0. The SMILES string of the molecule is CCOC(=O)C1CCN(C(=NC)NCc2cccnc2N2CCC(C(N)=O)CC2)CC1.I. The lowest BCUT2D eigenvalue weighted by Crippen LogP contribution is -2.46. The van der Waals surface area contributed by atoms with Crippen LogP contribution in [0.5, 0.6) is 0 Å². The van der Waals surface area contributed by atoms with Gasteiger partial charge in [0.25, 0.3) is 0 Å². The van der Waals surface area contributed by atoms with Crippen LogP contribution in [0.3, 0.4) is 0 Å². The van der Waals surface area contributed by atoms with Crippen molar-refractivity contribution in [1.29, 1.82) is 0 Å². The number of pyridine rings is 1. The number of rotatable bonds is 6. The van der Waals surface area contributed by atoms with Gasteiger partial charge in [0.2, 0.25) is 5.91 Å². The third kappa shape index (κ3) is 6.69. The number of amides is 1. The summed E-state index contributed by atoms with van der Waals surface area (Å²) in [4.78, 5) is 36.9. The third-order valence-corrected chi connectivity index (χ3v) is 6.13. The molecule has 0 aliphatic carbocycles. The Morgan fingerprint density at radius 1 is 1.19 bits per heavy atom. The lowest BCUT2D eigenvalue weighted by atomic mass is 9.96. The van der Waals surface area contributed by atoms with Crippen molar-refractivity contribution in [3.63, 3.8) is 0 Å². The number of hydrogen-bond acceptors (Lipinski definition) is 6. The monoisotopic (exact) mass is 558 g/mol. The lowest BCUT2D eigenvalue weighted by molar-refractivity contribution is -0.149. The molecule has 9 nitrogen and oxygen atoms in total. The van der Waals surface area contributed by atoms with E-state index in [-0.39, 0.29) is 47.7 Å². The Morgan fingerprint density at radius 2 is 1.84 bits per heavy atom. The van der Waals surface area contributed by atoms with E-state index in [9.17, 15) is 9.59 Å². The van der Waals surface area contributed by atoms with Gasteiger partial charge in [-0.15, -0.1) is 24.0 Å². The summed E-state index contributed by atoms with van der Waals surface area (Å²) in [6.45, 7) is 5.94. The molecule has 0 saturated carbocycles. The van der Waals surface area contributed by atoms with Crippen molar-refractivity contribution in [2.45, 2.75) is 39.2 Å². The molecule has 1 aromatic heterocycles. The van der Waals surface area contributed by atoms with Crippen LogP contribution in [0.15, 0.2) is 23.3 Å². The van der Waals surface area contributed by atoms with Gasteiger partial charge in [-0.3, -0.25) is 14.6 Å². The van der Waals surface area contributed by atoms with Gasteiger partial charge in [0.1, 0.15) is 5.82 Å². The van der Waals surface area contributed by atoms with Crippen LogP contribution in [0, 0.1) is 11.8 Å². The molecule has 1 amide bonds. The van der Waals surface area contributed by atoms with Crippen molar-refractivity contribution >= 4 is 47.6 Å². The highest BCUT2D eigenvalue weighted by Gasteiger charge is 2.28. The minimum absolute atomic E-state index is 0. The summed E-state index contributed by atoms with van der Waals surface area (Å²) in [5.41, 5.74) is 6.55. The largest absolute Gasteiger partial charge is 0.466 e. The van der Waals surface area contributed by atoms with E-state index >= 15 is 0 Å².